The second-order valence-corrected chi connectivity index (χ2v) is 4.18. The molecule has 0 unspecified atom stereocenters. The molecule has 1 heterocycles. The van der Waals surface area contributed by atoms with Crippen LogP contribution in [0.5, 0.6) is 0 Å². The van der Waals surface area contributed by atoms with Crippen LogP contribution in [0.2, 0.25) is 0 Å². The Balaban J connectivity index is 2.34. The molecule has 0 saturated carbocycles. The first-order chi connectivity index (χ1) is 9.81. The van der Waals surface area contributed by atoms with Gasteiger partial charge in [-0.3, -0.25) is 4.99 Å². The summed E-state index contributed by atoms with van der Waals surface area (Å²) in [5.74, 6) is 1.82. The van der Waals surface area contributed by atoms with Gasteiger partial charge in [0.2, 0.25) is 0 Å². The fourth-order valence-electron chi connectivity index (χ4n) is 1.74. The predicted molar refractivity (Wildman–Crippen MR) is 79.9 cm³/mol. The number of ether oxygens (including phenoxy) is 1. The molecule has 1 rings (SSSR count). The van der Waals surface area contributed by atoms with Crippen LogP contribution in [0.25, 0.3) is 0 Å². The maximum Gasteiger partial charge on any atom is 0.191 e. The Morgan fingerprint density at radius 3 is 2.90 bits per heavy atom. The third-order valence-electron chi connectivity index (χ3n) is 2.71. The molecule has 7 nitrogen and oxygen atoms in total. The zero-order valence-electron chi connectivity index (χ0n) is 12.7. The van der Waals surface area contributed by atoms with Crippen LogP contribution in [0, 0.1) is 0 Å². The number of hydrogen-bond acceptors (Lipinski definition) is 4. The van der Waals surface area contributed by atoms with E-state index in [0.717, 1.165) is 44.4 Å². The van der Waals surface area contributed by atoms with Crippen LogP contribution in [0.3, 0.4) is 0 Å². The molecular formula is C13H26N6O. The van der Waals surface area contributed by atoms with E-state index < -0.39 is 0 Å². The van der Waals surface area contributed by atoms with Crippen molar-refractivity contribution in [1.29, 1.82) is 0 Å². The predicted octanol–water partition coefficient (Wildman–Crippen LogP) is 0.432. The van der Waals surface area contributed by atoms with Crippen molar-refractivity contribution < 1.29 is 4.74 Å². The third-order valence-corrected chi connectivity index (χ3v) is 2.71. The van der Waals surface area contributed by atoms with Crippen molar-refractivity contribution in [3.8, 4) is 0 Å². The van der Waals surface area contributed by atoms with Crippen LogP contribution < -0.4 is 10.6 Å². The zero-order valence-corrected chi connectivity index (χ0v) is 12.7. The first-order valence-corrected chi connectivity index (χ1v) is 7.28. The standard InChI is InChI=1S/C13H26N6O/c1-4-12-18-17-11-19(12)9-7-15-13(14-5-2)16-8-10-20-6-3/h11H,4-10H2,1-3H3,(H2,14,15,16). The highest BCUT2D eigenvalue weighted by molar-refractivity contribution is 5.79. The maximum atomic E-state index is 5.27. The van der Waals surface area contributed by atoms with Gasteiger partial charge in [-0.15, -0.1) is 10.2 Å². The highest BCUT2D eigenvalue weighted by Crippen LogP contribution is 1.94. The van der Waals surface area contributed by atoms with E-state index in [9.17, 15) is 0 Å². The van der Waals surface area contributed by atoms with Crippen LogP contribution in [0.4, 0.5) is 0 Å². The first-order valence-electron chi connectivity index (χ1n) is 7.28. The van der Waals surface area contributed by atoms with Crippen molar-refractivity contribution in [2.24, 2.45) is 4.99 Å². The minimum Gasteiger partial charge on any atom is -0.380 e. The molecule has 0 atom stereocenters. The second kappa shape index (κ2) is 10.2. The average Bonchev–Trinajstić information content (AvgIpc) is 2.91. The van der Waals surface area contributed by atoms with Gasteiger partial charge in [0.15, 0.2) is 5.96 Å². The zero-order chi connectivity index (χ0) is 14.6. The van der Waals surface area contributed by atoms with Gasteiger partial charge in [-0.25, -0.2) is 0 Å². The average molecular weight is 282 g/mol. The summed E-state index contributed by atoms with van der Waals surface area (Å²) >= 11 is 0. The van der Waals surface area contributed by atoms with Crippen molar-refractivity contribution in [3.63, 3.8) is 0 Å². The van der Waals surface area contributed by atoms with E-state index in [-0.39, 0.29) is 0 Å². The van der Waals surface area contributed by atoms with Crippen LogP contribution in [0.15, 0.2) is 11.3 Å². The third kappa shape index (κ3) is 6.01. The van der Waals surface area contributed by atoms with E-state index in [4.69, 9.17) is 4.74 Å². The number of aryl methyl sites for hydroxylation is 1. The van der Waals surface area contributed by atoms with E-state index in [1.54, 1.807) is 6.33 Å². The topological polar surface area (TPSA) is 76.4 Å². The Labute approximate surface area is 120 Å². The molecular weight excluding hydrogens is 256 g/mol. The minimum atomic E-state index is 0.651. The van der Waals surface area contributed by atoms with Crippen LogP contribution in [-0.2, 0) is 17.7 Å². The van der Waals surface area contributed by atoms with Gasteiger partial charge in [-0.2, -0.15) is 0 Å². The van der Waals surface area contributed by atoms with Gasteiger partial charge in [0.05, 0.1) is 13.2 Å². The number of hydrogen-bond donors (Lipinski definition) is 2. The Morgan fingerprint density at radius 1 is 1.35 bits per heavy atom. The molecule has 0 aliphatic carbocycles. The molecule has 7 heteroatoms. The smallest absolute Gasteiger partial charge is 0.191 e. The molecule has 0 amide bonds. The van der Waals surface area contributed by atoms with Gasteiger partial charge in [0, 0.05) is 32.7 Å². The summed E-state index contributed by atoms with van der Waals surface area (Å²) in [5.41, 5.74) is 0. The van der Waals surface area contributed by atoms with Gasteiger partial charge < -0.3 is 19.9 Å². The van der Waals surface area contributed by atoms with Crippen molar-refractivity contribution in [1.82, 2.24) is 25.4 Å². The molecule has 20 heavy (non-hydrogen) atoms. The fraction of sp³-hybridized carbons (Fsp3) is 0.769. The van der Waals surface area contributed by atoms with Crippen molar-refractivity contribution in [2.75, 3.05) is 32.8 Å². The molecule has 0 aliphatic rings. The summed E-state index contributed by atoms with van der Waals surface area (Å²) in [6, 6.07) is 0. The lowest BCUT2D eigenvalue weighted by molar-refractivity contribution is 0.155. The monoisotopic (exact) mass is 282 g/mol. The summed E-state index contributed by atoms with van der Waals surface area (Å²) in [7, 11) is 0. The summed E-state index contributed by atoms with van der Waals surface area (Å²) < 4.78 is 7.32. The molecule has 1 aromatic rings. The van der Waals surface area contributed by atoms with E-state index >= 15 is 0 Å². The van der Waals surface area contributed by atoms with Crippen LogP contribution in [-0.4, -0.2) is 53.6 Å². The molecule has 2 N–H and O–H groups in total. The van der Waals surface area contributed by atoms with E-state index in [0.29, 0.717) is 13.2 Å². The van der Waals surface area contributed by atoms with Gasteiger partial charge in [0.1, 0.15) is 12.2 Å². The van der Waals surface area contributed by atoms with Crippen molar-refractivity contribution in [2.45, 2.75) is 33.7 Å². The number of aliphatic imine (C=N–C) groups is 1. The molecule has 1 aromatic heterocycles. The molecule has 0 aromatic carbocycles. The Bertz CT molecular complexity index is 390. The van der Waals surface area contributed by atoms with E-state index in [2.05, 4.69) is 44.2 Å². The molecule has 0 aliphatic heterocycles. The SMILES string of the molecule is CCNC(=NCCOCC)NCCn1cnnc1CC. The van der Waals surface area contributed by atoms with E-state index in [1.807, 2.05) is 6.92 Å². The van der Waals surface area contributed by atoms with Gasteiger partial charge >= 0.3 is 0 Å². The molecule has 0 spiro atoms. The lowest BCUT2D eigenvalue weighted by Crippen LogP contribution is -2.39. The summed E-state index contributed by atoms with van der Waals surface area (Å²) in [6.45, 7) is 10.6. The molecule has 114 valence electrons. The van der Waals surface area contributed by atoms with Gasteiger partial charge in [-0.05, 0) is 13.8 Å². The fourth-order valence-corrected chi connectivity index (χ4v) is 1.74. The maximum absolute atomic E-state index is 5.27. The number of aromatic nitrogens is 3. The van der Waals surface area contributed by atoms with Gasteiger partial charge in [-0.1, -0.05) is 6.92 Å². The Hall–Kier alpha value is -1.63. The lowest BCUT2D eigenvalue weighted by atomic mass is 10.4. The highest BCUT2D eigenvalue weighted by Gasteiger charge is 2.01. The minimum absolute atomic E-state index is 0.651. The molecule has 0 radical (unpaired) electrons. The number of nitrogens with zero attached hydrogens (tertiary/aromatic N) is 4. The largest absolute Gasteiger partial charge is 0.380 e. The number of rotatable bonds is 9. The molecule has 0 fully saturated rings. The quantitative estimate of drug-likeness (QED) is 0.390. The number of nitrogens with one attached hydrogen (secondary N) is 2. The van der Waals surface area contributed by atoms with Crippen LogP contribution in [0.1, 0.15) is 26.6 Å². The number of guanidine groups is 1. The van der Waals surface area contributed by atoms with E-state index in [1.165, 1.54) is 0 Å². The normalized spacial score (nSPS) is 11.7. The van der Waals surface area contributed by atoms with Gasteiger partial charge in [0.25, 0.3) is 0 Å². The summed E-state index contributed by atoms with van der Waals surface area (Å²) in [4.78, 5) is 4.44. The second-order valence-electron chi connectivity index (χ2n) is 4.18. The Morgan fingerprint density at radius 2 is 2.20 bits per heavy atom. The van der Waals surface area contributed by atoms with Crippen molar-refractivity contribution >= 4 is 5.96 Å². The molecule has 0 saturated heterocycles. The Kier molecular flexibility index (Phi) is 8.37. The first kappa shape index (κ1) is 16.4. The summed E-state index contributed by atoms with van der Waals surface area (Å²) in [6.07, 6.45) is 2.65. The summed E-state index contributed by atoms with van der Waals surface area (Å²) in [5, 5.41) is 14.5. The van der Waals surface area contributed by atoms with Crippen LogP contribution >= 0.6 is 0 Å². The highest BCUT2D eigenvalue weighted by atomic mass is 16.5. The lowest BCUT2D eigenvalue weighted by Gasteiger charge is -2.12. The van der Waals surface area contributed by atoms with Crippen molar-refractivity contribution in [3.05, 3.63) is 12.2 Å². The molecule has 0 bridgehead atoms.